The van der Waals surface area contributed by atoms with Gasteiger partial charge in [0.05, 0.1) is 11.6 Å². The number of aliphatic hydroxyl groups is 1. The number of nitrogens with zero attached hydrogens (tertiary/aromatic N) is 2. The Kier molecular flexibility index (Phi) is 4.99. The molecule has 0 saturated heterocycles. The molecule has 0 aliphatic heterocycles. The highest BCUT2D eigenvalue weighted by Gasteiger charge is 2.22. The van der Waals surface area contributed by atoms with E-state index >= 15 is 0 Å². The fourth-order valence-corrected chi connectivity index (χ4v) is 3.32. The lowest BCUT2D eigenvalue weighted by molar-refractivity contribution is 0.0636. The molecule has 1 saturated carbocycles. The zero-order valence-corrected chi connectivity index (χ0v) is 15.2. The Hall–Kier alpha value is -2.08. The highest BCUT2D eigenvalue weighted by molar-refractivity contribution is 5.89. The number of ether oxygens (including phenoxy) is 1. The molecule has 3 rings (SSSR count). The maximum Gasteiger partial charge on any atom is 0.412 e. The highest BCUT2D eigenvalue weighted by Crippen LogP contribution is 2.32. The van der Waals surface area contributed by atoms with Crippen molar-refractivity contribution in [2.24, 2.45) is 5.92 Å². The summed E-state index contributed by atoms with van der Waals surface area (Å²) < 4.78 is 7.32. The van der Waals surface area contributed by atoms with E-state index in [-0.39, 0.29) is 6.61 Å². The van der Waals surface area contributed by atoms with E-state index in [4.69, 9.17) is 4.74 Å². The number of hydrogen-bond donors (Lipinski definition) is 2. The van der Waals surface area contributed by atoms with Crippen molar-refractivity contribution in [2.75, 3.05) is 11.9 Å². The van der Waals surface area contributed by atoms with E-state index in [1.165, 1.54) is 0 Å². The predicted molar refractivity (Wildman–Crippen MR) is 97.7 cm³/mol. The average Bonchev–Trinajstić information content (AvgIpc) is 2.96. The zero-order chi connectivity index (χ0) is 18.0. The number of nitrogens with one attached hydrogen (secondary N) is 1. The first kappa shape index (κ1) is 17.7. The number of hydrogen-bond acceptors (Lipinski definition) is 4. The first-order valence-corrected chi connectivity index (χ1v) is 8.94. The summed E-state index contributed by atoms with van der Waals surface area (Å²) in [5.74, 6) is 0.436. The molecule has 1 fully saturated rings. The monoisotopic (exact) mass is 345 g/mol. The third kappa shape index (κ3) is 4.51. The molecular formula is C19H27N3O3. The van der Waals surface area contributed by atoms with Gasteiger partial charge in [-0.1, -0.05) is 0 Å². The zero-order valence-electron chi connectivity index (χ0n) is 15.2. The normalized spacial score (nSPS) is 21.3. The second-order valence-electron chi connectivity index (χ2n) is 7.87. The minimum atomic E-state index is -0.521. The maximum absolute atomic E-state index is 11.9. The smallest absolute Gasteiger partial charge is 0.412 e. The standard InChI is InChI=1S/C19H27N3O3/c1-19(2,3)25-18(24)20-15-6-9-17-14(10-15)11-22(21-17)16-7-4-13(12-23)5-8-16/h6,9-11,13,16,23H,4-5,7-8,12H2,1-3H3,(H,20,24)/t13-,16-. The predicted octanol–water partition coefficient (Wildman–Crippen LogP) is 4.11. The van der Waals surface area contributed by atoms with Crippen molar-refractivity contribution in [1.29, 1.82) is 0 Å². The Morgan fingerprint density at radius 2 is 2.04 bits per heavy atom. The van der Waals surface area contributed by atoms with Crippen molar-refractivity contribution in [3.63, 3.8) is 0 Å². The Balaban J connectivity index is 1.70. The number of fused-ring (bicyclic) bond motifs is 1. The van der Waals surface area contributed by atoms with Gasteiger partial charge in [-0.2, -0.15) is 5.10 Å². The molecule has 0 spiro atoms. The van der Waals surface area contributed by atoms with Crippen LogP contribution in [0.2, 0.25) is 0 Å². The molecule has 1 aliphatic carbocycles. The van der Waals surface area contributed by atoms with Gasteiger partial charge in [0.25, 0.3) is 0 Å². The van der Waals surface area contributed by atoms with Crippen LogP contribution in [0.4, 0.5) is 10.5 Å². The van der Waals surface area contributed by atoms with E-state index in [2.05, 4.69) is 10.4 Å². The lowest BCUT2D eigenvalue weighted by atomic mass is 9.87. The molecule has 0 unspecified atom stereocenters. The number of aliphatic hydroxyl groups excluding tert-OH is 1. The van der Waals surface area contributed by atoms with Gasteiger partial charge in [-0.3, -0.25) is 10.00 Å². The van der Waals surface area contributed by atoms with E-state index in [1.807, 2.05) is 49.8 Å². The minimum absolute atomic E-state index is 0.285. The summed E-state index contributed by atoms with van der Waals surface area (Å²) in [5.41, 5.74) is 1.09. The number of benzene rings is 1. The first-order chi connectivity index (χ1) is 11.8. The summed E-state index contributed by atoms with van der Waals surface area (Å²) in [6.45, 7) is 5.80. The Morgan fingerprint density at radius 1 is 1.32 bits per heavy atom. The molecule has 0 atom stereocenters. The van der Waals surface area contributed by atoms with Gasteiger partial charge in [-0.25, -0.2) is 4.79 Å². The number of carbonyl (C=O) groups is 1. The third-order valence-electron chi connectivity index (χ3n) is 4.62. The lowest BCUT2D eigenvalue weighted by Gasteiger charge is -2.27. The highest BCUT2D eigenvalue weighted by atomic mass is 16.6. The van der Waals surface area contributed by atoms with Crippen LogP contribution in [0, 0.1) is 5.92 Å². The molecule has 6 heteroatoms. The van der Waals surface area contributed by atoms with Crippen LogP contribution in [0.5, 0.6) is 0 Å². The van der Waals surface area contributed by atoms with Crippen molar-refractivity contribution in [3.8, 4) is 0 Å². The Morgan fingerprint density at radius 3 is 2.68 bits per heavy atom. The fourth-order valence-electron chi connectivity index (χ4n) is 3.32. The summed E-state index contributed by atoms with van der Waals surface area (Å²) in [6.07, 6.45) is 5.76. The number of aromatic nitrogens is 2. The molecular weight excluding hydrogens is 318 g/mol. The van der Waals surface area contributed by atoms with Crippen LogP contribution in [0.15, 0.2) is 24.4 Å². The Labute approximate surface area is 148 Å². The third-order valence-corrected chi connectivity index (χ3v) is 4.62. The molecule has 1 aromatic heterocycles. The van der Waals surface area contributed by atoms with E-state index < -0.39 is 11.7 Å². The molecule has 136 valence electrons. The number of carbonyl (C=O) groups excluding carboxylic acids is 1. The molecule has 1 aromatic carbocycles. The Bertz CT molecular complexity index is 740. The van der Waals surface area contributed by atoms with E-state index in [9.17, 15) is 9.90 Å². The minimum Gasteiger partial charge on any atom is -0.444 e. The topological polar surface area (TPSA) is 76.4 Å². The quantitative estimate of drug-likeness (QED) is 0.878. The van der Waals surface area contributed by atoms with Gasteiger partial charge >= 0.3 is 6.09 Å². The SMILES string of the molecule is CC(C)(C)OC(=O)Nc1ccc2nn([C@H]3CC[C@H](CO)CC3)cc2c1. The van der Waals surface area contributed by atoms with Crippen LogP contribution in [0.25, 0.3) is 10.9 Å². The van der Waals surface area contributed by atoms with Gasteiger partial charge in [-0.05, 0) is 70.6 Å². The van der Waals surface area contributed by atoms with Gasteiger partial charge in [0.1, 0.15) is 5.60 Å². The van der Waals surface area contributed by atoms with Gasteiger partial charge in [0.2, 0.25) is 0 Å². The number of amides is 1. The summed E-state index contributed by atoms with van der Waals surface area (Å²) in [5, 5.41) is 17.7. The second-order valence-corrected chi connectivity index (χ2v) is 7.87. The fraction of sp³-hybridized carbons (Fsp3) is 0.579. The first-order valence-electron chi connectivity index (χ1n) is 8.94. The molecule has 0 radical (unpaired) electrons. The van der Waals surface area contributed by atoms with Crippen LogP contribution < -0.4 is 5.32 Å². The van der Waals surface area contributed by atoms with Crippen LogP contribution in [0.1, 0.15) is 52.5 Å². The van der Waals surface area contributed by atoms with Crippen LogP contribution in [-0.2, 0) is 4.74 Å². The van der Waals surface area contributed by atoms with Crippen molar-refractivity contribution in [1.82, 2.24) is 9.78 Å². The largest absolute Gasteiger partial charge is 0.444 e. The lowest BCUT2D eigenvalue weighted by Crippen LogP contribution is -2.27. The number of rotatable bonds is 3. The van der Waals surface area contributed by atoms with Crippen LogP contribution in [0.3, 0.4) is 0 Å². The molecule has 1 aliphatic rings. The molecule has 6 nitrogen and oxygen atoms in total. The van der Waals surface area contributed by atoms with Gasteiger partial charge < -0.3 is 9.84 Å². The molecule has 1 heterocycles. The van der Waals surface area contributed by atoms with Crippen molar-refractivity contribution in [3.05, 3.63) is 24.4 Å². The van der Waals surface area contributed by atoms with Gasteiger partial charge in [-0.15, -0.1) is 0 Å². The van der Waals surface area contributed by atoms with E-state index in [0.717, 1.165) is 36.6 Å². The van der Waals surface area contributed by atoms with Gasteiger partial charge in [0, 0.05) is 23.9 Å². The van der Waals surface area contributed by atoms with E-state index in [1.54, 1.807) is 0 Å². The van der Waals surface area contributed by atoms with Crippen molar-refractivity contribution < 1.29 is 14.6 Å². The molecule has 0 bridgehead atoms. The molecule has 1 amide bonds. The summed E-state index contributed by atoms with van der Waals surface area (Å²) in [6, 6.07) is 6.06. The van der Waals surface area contributed by atoms with E-state index in [0.29, 0.717) is 17.6 Å². The molecule has 2 N–H and O–H groups in total. The van der Waals surface area contributed by atoms with Crippen molar-refractivity contribution in [2.45, 2.75) is 58.1 Å². The summed E-state index contributed by atoms with van der Waals surface area (Å²) in [7, 11) is 0. The summed E-state index contributed by atoms with van der Waals surface area (Å²) >= 11 is 0. The maximum atomic E-state index is 11.9. The van der Waals surface area contributed by atoms with Crippen molar-refractivity contribution >= 4 is 22.7 Å². The van der Waals surface area contributed by atoms with Gasteiger partial charge in [0.15, 0.2) is 0 Å². The van der Waals surface area contributed by atoms with Crippen LogP contribution >= 0.6 is 0 Å². The van der Waals surface area contributed by atoms with Crippen LogP contribution in [-0.4, -0.2) is 33.2 Å². The average molecular weight is 345 g/mol. The summed E-state index contributed by atoms with van der Waals surface area (Å²) in [4.78, 5) is 11.9. The second kappa shape index (κ2) is 7.04. The molecule has 25 heavy (non-hydrogen) atoms. The molecule has 2 aromatic rings. The number of anilines is 1.